The number of halogens is 1. The highest BCUT2D eigenvalue weighted by Crippen LogP contribution is 2.24. The van der Waals surface area contributed by atoms with Crippen molar-refractivity contribution in [3.63, 3.8) is 0 Å². The Kier molecular flexibility index (Phi) is 3.61. The van der Waals surface area contributed by atoms with Crippen LogP contribution < -0.4 is 5.32 Å². The predicted molar refractivity (Wildman–Crippen MR) is 73.1 cm³/mol. The van der Waals surface area contributed by atoms with Crippen molar-refractivity contribution in [3.8, 4) is 0 Å². The number of benzene rings is 1. The number of rotatable bonds is 3. The maximum atomic E-state index is 4.41. The van der Waals surface area contributed by atoms with Crippen molar-refractivity contribution in [2.75, 3.05) is 5.32 Å². The number of aromatic nitrogens is 1. The van der Waals surface area contributed by atoms with Crippen molar-refractivity contribution in [1.29, 1.82) is 0 Å². The quantitative estimate of drug-likeness (QED) is 0.921. The lowest BCUT2D eigenvalue weighted by molar-refractivity contribution is 1.05. The Balaban J connectivity index is 2.04. The van der Waals surface area contributed by atoms with Gasteiger partial charge in [-0.25, -0.2) is 4.98 Å². The molecule has 2 nitrogen and oxygen atoms in total. The van der Waals surface area contributed by atoms with E-state index in [9.17, 15) is 0 Å². The summed E-state index contributed by atoms with van der Waals surface area (Å²) in [6.45, 7) is 4.88. The van der Waals surface area contributed by atoms with Gasteiger partial charge in [0.05, 0.1) is 17.2 Å². The summed E-state index contributed by atoms with van der Waals surface area (Å²) in [4.78, 5) is 4.41. The zero-order chi connectivity index (χ0) is 11.5. The summed E-state index contributed by atoms with van der Waals surface area (Å²) >= 11 is 5.23. The summed E-state index contributed by atoms with van der Waals surface area (Å²) in [6.07, 6.45) is 0. The molecule has 0 radical (unpaired) electrons. The van der Waals surface area contributed by atoms with Crippen LogP contribution in [-0.4, -0.2) is 4.98 Å². The Hall–Kier alpha value is -0.870. The number of nitrogens with one attached hydrogen (secondary N) is 1. The lowest BCUT2D eigenvalue weighted by atomic mass is 10.2. The topological polar surface area (TPSA) is 24.9 Å². The van der Waals surface area contributed by atoms with Crippen LogP contribution in [0.25, 0.3) is 0 Å². The molecule has 16 heavy (non-hydrogen) atoms. The van der Waals surface area contributed by atoms with Gasteiger partial charge in [0.2, 0.25) is 0 Å². The summed E-state index contributed by atoms with van der Waals surface area (Å²) in [7, 11) is 0. The van der Waals surface area contributed by atoms with Gasteiger partial charge in [-0.2, -0.15) is 0 Å². The third-order valence-corrected chi connectivity index (χ3v) is 3.73. The molecule has 0 atom stereocenters. The number of nitrogens with zero attached hydrogens (tertiary/aromatic N) is 1. The Morgan fingerprint density at radius 3 is 2.81 bits per heavy atom. The molecule has 0 aliphatic carbocycles. The van der Waals surface area contributed by atoms with E-state index < -0.39 is 0 Å². The highest BCUT2D eigenvalue weighted by molar-refractivity contribution is 9.10. The Bertz CT molecular complexity index is 494. The molecule has 4 heteroatoms. The molecule has 2 rings (SSSR count). The fourth-order valence-corrected chi connectivity index (χ4v) is 2.68. The van der Waals surface area contributed by atoms with E-state index >= 15 is 0 Å². The number of hydrogen-bond donors (Lipinski definition) is 1. The van der Waals surface area contributed by atoms with Crippen LogP contribution in [0.4, 0.5) is 5.69 Å². The summed E-state index contributed by atoms with van der Waals surface area (Å²) in [5.74, 6) is 0. The van der Waals surface area contributed by atoms with Crippen LogP contribution in [0.2, 0.25) is 0 Å². The highest BCUT2D eigenvalue weighted by atomic mass is 79.9. The van der Waals surface area contributed by atoms with Crippen LogP contribution >= 0.6 is 27.3 Å². The normalized spacial score (nSPS) is 10.4. The fourth-order valence-electron chi connectivity index (χ4n) is 1.44. The Labute approximate surface area is 108 Å². The third kappa shape index (κ3) is 2.83. The van der Waals surface area contributed by atoms with E-state index in [0.29, 0.717) is 0 Å². The minimum Gasteiger partial charge on any atom is -0.378 e. The average molecular weight is 297 g/mol. The maximum Gasteiger partial charge on any atom is 0.0898 e. The van der Waals surface area contributed by atoms with E-state index in [1.165, 1.54) is 5.56 Å². The first-order valence-corrected chi connectivity index (χ1v) is 6.73. The van der Waals surface area contributed by atoms with E-state index in [1.54, 1.807) is 11.3 Å². The molecule has 0 saturated heterocycles. The van der Waals surface area contributed by atoms with Gasteiger partial charge in [0.25, 0.3) is 0 Å². The van der Waals surface area contributed by atoms with E-state index in [4.69, 9.17) is 0 Å². The molecular weight excluding hydrogens is 284 g/mol. The zero-order valence-electron chi connectivity index (χ0n) is 9.25. The molecule has 1 N–H and O–H groups in total. The van der Waals surface area contributed by atoms with Gasteiger partial charge in [-0.1, -0.05) is 6.07 Å². The molecule has 0 amide bonds. The van der Waals surface area contributed by atoms with E-state index in [0.717, 1.165) is 27.4 Å². The number of hydrogen-bond acceptors (Lipinski definition) is 3. The van der Waals surface area contributed by atoms with Gasteiger partial charge in [-0.3, -0.25) is 0 Å². The summed E-state index contributed by atoms with van der Waals surface area (Å²) < 4.78 is 1.10. The van der Waals surface area contributed by atoms with Crippen molar-refractivity contribution in [2.24, 2.45) is 0 Å². The molecule has 1 aromatic carbocycles. The van der Waals surface area contributed by atoms with Crippen LogP contribution in [0.5, 0.6) is 0 Å². The van der Waals surface area contributed by atoms with Crippen molar-refractivity contribution < 1.29 is 0 Å². The SMILES string of the molecule is Cc1ccc(NCc2csc(C)n2)c(Br)c1. The third-order valence-electron chi connectivity index (χ3n) is 2.25. The van der Waals surface area contributed by atoms with Crippen molar-refractivity contribution in [3.05, 3.63) is 44.3 Å². The highest BCUT2D eigenvalue weighted by Gasteiger charge is 2.01. The second-order valence-corrected chi connectivity index (χ2v) is 5.61. The monoisotopic (exact) mass is 296 g/mol. The number of aryl methyl sites for hydroxylation is 2. The van der Waals surface area contributed by atoms with Crippen molar-refractivity contribution >= 4 is 33.0 Å². The number of thiazole rings is 1. The number of anilines is 1. The van der Waals surface area contributed by atoms with Crippen LogP contribution in [0.1, 0.15) is 16.3 Å². The van der Waals surface area contributed by atoms with Gasteiger partial charge < -0.3 is 5.32 Å². The fraction of sp³-hybridized carbons (Fsp3) is 0.250. The molecule has 0 unspecified atom stereocenters. The Morgan fingerprint density at radius 1 is 1.38 bits per heavy atom. The molecule has 1 aromatic heterocycles. The van der Waals surface area contributed by atoms with Crippen LogP contribution in [0, 0.1) is 13.8 Å². The minimum absolute atomic E-state index is 0.770. The van der Waals surface area contributed by atoms with Gasteiger partial charge >= 0.3 is 0 Å². The van der Waals surface area contributed by atoms with Gasteiger partial charge in [-0.05, 0) is 47.5 Å². The molecule has 1 heterocycles. The lowest BCUT2D eigenvalue weighted by Crippen LogP contribution is -2.00. The van der Waals surface area contributed by atoms with E-state index in [-0.39, 0.29) is 0 Å². The predicted octanol–water partition coefficient (Wildman–Crippen LogP) is 4.13. The van der Waals surface area contributed by atoms with E-state index in [1.807, 2.05) is 6.92 Å². The molecule has 0 aliphatic heterocycles. The summed E-state index contributed by atoms with van der Waals surface area (Å²) in [6, 6.07) is 6.28. The van der Waals surface area contributed by atoms with E-state index in [2.05, 4.69) is 56.7 Å². The van der Waals surface area contributed by atoms with Gasteiger partial charge in [0.1, 0.15) is 0 Å². The largest absolute Gasteiger partial charge is 0.378 e. The summed E-state index contributed by atoms with van der Waals surface area (Å²) in [5.41, 5.74) is 3.45. The first-order valence-electron chi connectivity index (χ1n) is 5.06. The average Bonchev–Trinajstić information content (AvgIpc) is 2.63. The Morgan fingerprint density at radius 2 is 2.19 bits per heavy atom. The smallest absolute Gasteiger partial charge is 0.0898 e. The van der Waals surface area contributed by atoms with Crippen molar-refractivity contribution in [1.82, 2.24) is 4.98 Å². The second kappa shape index (κ2) is 4.97. The summed E-state index contributed by atoms with van der Waals surface area (Å²) in [5, 5.41) is 6.57. The lowest BCUT2D eigenvalue weighted by Gasteiger charge is -2.07. The molecule has 0 bridgehead atoms. The maximum absolute atomic E-state index is 4.41. The second-order valence-electron chi connectivity index (χ2n) is 3.69. The molecule has 0 aliphatic rings. The molecule has 2 aromatic rings. The van der Waals surface area contributed by atoms with Crippen LogP contribution in [0.15, 0.2) is 28.1 Å². The standard InChI is InChI=1S/C12H13BrN2S/c1-8-3-4-12(11(13)5-8)14-6-10-7-16-9(2)15-10/h3-5,7,14H,6H2,1-2H3. The molecule has 0 fully saturated rings. The molecular formula is C12H13BrN2S. The van der Waals surface area contributed by atoms with Gasteiger partial charge in [0, 0.05) is 15.5 Å². The van der Waals surface area contributed by atoms with Gasteiger partial charge in [0.15, 0.2) is 0 Å². The zero-order valence-corrected chi connectivity index (χ0v) is 11.7. The first kappa shape index (κ1) is 11.6. The first-order chi connectivity index (χ1) is 7.65. The molecule has 0 saturated carbocycles. The molecule has 84 valence electrons. The van der Waals surface area contributed by atoms with Crippen LogP contribution in [-0.2, 0) is 6.54 Å². The minimum atomic E-state index is 0.770. The van der Waals surface area contributed by atoms with Crippen molar-refractivity contribution in [2.45, 2.75) is 20.4 Å². The van der Waals surface area contributed by atoms with Crippen LogP contribution in [0.3, 0.4) is 0 Å². The molecule has 0 spiro atoms. The van der Waals surface area contributed by atoms with Gasteiger partial charge in [-0.15, -0.1) is 11.3 Å².